The van der Waals surface area contributed by atoms with Gasteiger partial charge in [-0.2, -0.15) is 0 Å². The maximum Gasteiger partial charge on any atom is 0.121 e. The Kier molecular flexibility index (Phi) is 5.29. The van der Waals surface area contributed by atoms with Crippen LogP contribution in [0.15, 0.2) is 54.6 Å². The molecule has 0 saturated heterocycles. The maximum absolute atomic E-state index is 8.86. The summed E-state index contributed by atoms with van der Waals surface area (Å²) in [4.78, 5) is 4.74. The summed E-state index contributed by atoms with van der Waals surface area (Å²) in [6.07, 6.45) is 1.11. The number of anilines is 1. The van der Waals surface area contributed by atoms with Crippen molar-refractivity contribution in [2.24, 2.45) is 0 Å². The number of nitrogens with zero attached hydrogens (tertiary/aromatic N) is 1. The second-order valence-electron chi connectivity index (χ2n) is 5.63. The number of aliphatic hydroxyl groups is 1. The Morgan fingerprint density at radius 2 is 1.83 bits per heavy atom. The average Bonchev–Trinajstić information content (AvgIpc) is 2.64. The molecule has 2 aromatic carbocycles. The van der Waals surface area contributed by atoms with Gasteiger partial charge in [0.2, 0.25) is 0 Å². The fourth-order valence-electron chi connectivity index (χ4n) is 2.54. The molecule has 4 nitrogen and oxygen atoms in total. The number of rotatable bonds is 7. The van der Waals surface area contributed by atoms with Gasteiger partial charge in [0.1, 0.15) is 12.4 Å². The van der Waals surface area contributed by atoms with Gasteiger partial charge in [0.15, 0.2) is 0 Å². The molecule has 0 spiro atoms. The molecule has 4 heteroatoms. The van der Waals surface area contributed by atoms with Crippen molar-refractivity contribution < 1.29 is 9.84 Å². The van der Waals surface area contributed by atoms with E-state index in [2.05, 4.69) is 42.6 Å². The van der Waals surface area contributed by atoms with Crippen LogP contribution >= 0.6 is 0 Å². The molecule has 24 heavy (non-hydrogen) atoms. The topological polar surface area (TPSA) is 54.4 Å². The minimum Gasteiger partial charge on any atom is -0.491 e. The molecule has 124 valence electrons. The number of hydrogen-bond donors (Lipinski definition) is 2. The van der Waals surface area contributed by atoms with E-state index in [9.17, 15) is 0 Å². The third-order valence-corrected chi connectivity index (χ3v) is 3.78. The smallest absolute Gasteiger partial charge is 0.121 e. The zero-order valence-corrected chi connectivity index (χ0v) is 13.8. The summed E-state index contributed by atoms with van der Waals surface area (Å²) in [7, 11) is 0. The van der Waals surface area contributed by atoms with E-state index in [4.69, 9.17) is 14.8 Å². The van der Waals surface area contributed by atoms with Gasteiger partial charge in [-0.25, -0.2) is 4.98 Å². The Morgan fingerprint density at radius 1 is 1.04 bits per heavy atom. The lowest BCUT2D eigenvalue weighted by molar-refractivity contribution is 0.201. The summed E-state index contributed by atoms with van der Waals surface area (Å²) in [6, 6.07) is 18.2. The zero-order valence-electron chi connectivity index (χ0n) is 13.8. The van der Waals surface area contributed by atoms with Gasteiger partial charge in [0.25, 0.3) is 0 Å². The highest BCUT2D eigenvalue weighted by molar-refractivity contribution is 5.83. The van der Waals surface area contributed by atoms with E-state index in [1.54, 1.807) is 0 Å². The molecule has 1 heterocycles. The number of benzene rings is 2. The molecule has 0 atom stereocenters. The fraction of sp³-hybridized carbons (Fsp3) is 0.250. The molecule has 2 N–H and O–H groups in total. The van der Waals surface area contributed by atoms with Crippen LogP contribution in [-0.2, 0) is 0 Å². The summed E-state index contributed by atoms with van der Waals surface area (Å²) >= 11 is 0. The Labute approximate surface area is 142 Å². The number of fused-ring (bicyclic) bond motifs is 1. The molecule has 0 fully saturated rings. The first-order chi connectivity index (χ1) is 11.8. The van der Waals surface area contributed by atoms with E-state index in [1.165, 1.54) is 0 Å². The summed E-state index contributed by atoms with van der Waals surface area (Å²) in [5.74, 6) is 0.723. The highest BCUT2D eigenvalue weighted by atomic mass is 16.5. The molecule has 0 aliphatic rings. The molecule has 0 saturated carbocycles. The van der Waals surface area contributed by atoms with Crippen LogP contribution < -0.4 is 10.1 Å². The lowest BCUT2D eigenvalue weighted by Crippen LogP contribution is -2.01. The molecule has 3 rings (SSSR count). The number of ether oxygens (including phenoxy) is 1. The SMILES string of the molecule is CCCNc1ccc(-c2ccc3ccc(OCCO)cc3n2)cc1. The van der Waals surface area contributed by atoms with Crippen LogP contribution in [0.5, 0.6) is 5.75 Å². The van der Waals surface area contributed by atoms with Crippen molar-refractivity contribution in [2.75, 3.05) is 25.1 Å². The van der Waals surface area contributed by atoms with Crippen molar-refractivity contribution in [1.82, 2.24) is 4.98 Å². The molecule has 1 aromatic heterocycles. The number of nitrogens with one attached hydrogen (secondary N) is 1. The minimum atomic E-state index is 0.00389. The number of hydrogen-bond acceptors (Lipinski definition) is 4. The Balaban J connectivity index is 1.85. The van der Waals surface area contributed by atoms with Crippen LogP contribution in [0.2, 0.25) is 0 Å². The van der Waals surface area contributed by atoms with E-state index in [0.717, 1.165) is 46.6 Å². The van der Waals surface area contributed by atoms with E-state index < -0.39 is 0 Å². The van der Waals surface area contributed by atoms with Gasteiger partial charge in [0, 0.05) is 29.2 Å². The summed E-state index contributed by atoms with van der Waals surface area (Å²) in [5, 5.41) is 13.3. The van der Waals surface area contributed by atoms with Crippen molar-refractivity contribution >= 4 is 16.6 Å². The van der Waals surface area contributed by atoms with Gasteiger partial charge in [-0.15, -0.1) is 0 Å². The van der Waals surface area contributed by atoms with Gasteiger partial charge in [-0.1, -0.05) is 25.1 Å². The lowest BCUT2D eigenvalue weighted by Gasteiger charge is -2.08. The number of aliphatic hydroxyl groups excluding tert-OH is 1. The van der Waals surface area contributed by atoms with Crippen molar-refractivity contribution in [3.05, 3.63) is 54.6 Å². The summed E-state index contributed by atoms with van der Waals surface area (Å²) in [5.41, 5.74) is 4.03. The molecule has 0 aliphatic carbocycles. The van der Waals surface area contributed by atoms with Gasteiger partial charge >= 0.3 is 0 Å². The van der Waals surface area contributed by atoms with Crippen LogP contribution in [0.1, 0.15) is 13.3 Å². The highest BCUT2D eigenvalue weighted by Gasteiger charge is 2.04. The number of pyridine rings is 1. The molecular formula is C20H22N2O2. The van der Waals surface area contributed by atoms with Crippen LogP contribution in [0.25, 0.3) is 22.2 Å². The largest absolute Gasteiger partial charge is 0.491 e. The molecule has 3 aromatic rings. The third-order valence-electron chi connectivity index (χ3n) is 3.78. The highest BCUT2D eigenvalue weighted by Crippen LogP contribution is 2.25. The first-order valence-electron chi connectivity index (χ1n) is 8.29. The minimum absolute atomic E-state index is 0.00389. The Hall–Kier alpha value is -2.59. The normalized spacial score (nSPS) is 10.8. The second kappa shape index (κ2) is 7.79. The van der Waals surface area contributed by atoms with Crippen molar-refractivity contribution in [3.8, 4) is 17.0 Å². The maximum atomic E-state index is 8.86. The lowest BCUT2D eigenvalue weighted by atomic mass is 10.1. The summed E-state index contributed by atoms with van der Waals surface area (Å²) < 4.78 is 5.46. The van der Waals surface area contributed by atoms with E-state index in [-0.39, 0.29) is 13.2 Å². The molecule has 0 amide bonds. The molecule has 0 aliphatic heterocycles. The van der Waals surface area contributed by atoms with Gasteiger partial charge in [-0.05, 0) is 36.8 Å². The van der Waals surface area contributed by atoms with Crippen molar-refractivity contribution in [1.29, 1.82) is 0 Å². The molecule has 0 radical (unpaired) electrons. The molecular weight excluding hydrogens is 300 g/mol. The number of aromatic nitrogens is 1. The Bertz CT molecular complexity index is 800. The first kappa shape index (κ1) is 16.3. The fourth-order valence-corrected chi connectivity index (χ4v) is 2.54. The van der Waals surface area contributed by atoms with Crippen LogP contribution in [0.3, 0.4) is 0 Å². The Morgan fingerprint density at radius 3 is 2.58 bits per heavy atom. The molecule has 0 bridgehead atoms. The van der Waals surface area contributed by atoms with Gasteiger partial charge in [-0.3, -0.25) is 0 Å². The van der Waals surface area contributed by atoms with Crippen LogP contribution in [0.4, 0.5) is 5.69 Å². The van der Waals surface area contributed by atoms with Crippen molar-refractivity contribution in [3.63, 3.8) is 0 Å². The van der Waals surface area contributed by atoms with Crippen LogP contribution in [-0.4, -0.2) is 29.8 Å². The molecule has 0 unspecified atom stereocenters. The predicted octanol–water partition coefficient (Wildman–Crippen LogP) is 4.09. The third kappa shape index (κ3) is 3.84. The predicted molar refractivity (Wildman–Crippen MR) is 98.5 cm³/mol. The standard InChI is InChI=1S/C20H22N2O2/c1-2-11-21-17-7-3-15(4-8-17)19-10-6-16-5-9-18(24-13-12-23)14-20(16)22-19/h3-10,14,21,23H,2,11-13H2,1H3. The van der Waals surface area contributed by atoms with Gasteiger partial charge < -0.3 is 15.2 Å². The van der Waals surface area contributed by atoms with Crippen molar-refractivity contribution in [2.45, 2.75) is 13.3 Å². The summed E-state index contributed by atoms with van der Waals surface area (Å²) in [6.45, 7) is 3.42. The van der Waals surface area contributed by atoms with E-state index in [1.807, 2.05) is 24.3 Å². The average molecular weight is 322 g/mol. The monoisotopic (exact) mass is 322 g/mol. The first-order valence-corrected chi connectivity index (χ1v) is 8.29. The van der Waals surface area contributed by atoms with E-state index >= 15 is 0 Å². The quantitative estimate of drug-likeness (QED) is 0.688. The van der Waals surface area contributed by atoms with E-state index in [0.29, 0.717) is 0 Å². The van der Waals surface area contributed by atoms with Gasteiger partial charge in [0.05, 0.1) is 17.8 Å². The zero-order chi connectivity index (χ0) is 16.8. The second-order valence-corrected chi connectivity index (χ2v) is 5.63. The van der Waals surface area contributed by atoms with Crippen LogP contribution in [0, 0.1) is 0 Å².